The average Bonchev–Trinajstić information content (AvgIpc) is 2.65. The highest BCUT2D eigenvalue weighted by Crippen LogP contribution is 2.60. The van der Waals surface area contributed by atoms with Crippen molar-refractivity contribution in [2.75, 3.05) is 27.2 Å². The highest BCUT2D eigenvalue weighted by Gasteiger charge is 2.54. The third kappa shape index (κ3) is 3.95. The zero-order valence-electron chi connectivity index (χ0n) is 17.1. The number of hydrogen-bond acceptors (Lipinski definition) is 3. The Bertz CT molecular complexity index is 681. The van der Waals surface area contributed by atoms with Crippen molar-refractivity contribution in [2.45, 2.75) is 44.6 Å². The van der Waals surface area contributed by atoms with Crippen molar-refractivity contribution < 1.29 is 9.59 Å². The van der Waals surface area contributed by atoms with Crippen molar-refractivity contribution in [1.82, 2.24) is 15.5 Å². The minimum Gasteiger partial charge on any atom is -0.353 e. The Morgan fingerprint density at radius 2 is 1.57 bits per heavy atom. The first-order valence-corrected chi connectivity index (χ1v) is 10.7. The van der Waals surface area contributed by atoms with Crippen LogP contribution in [0.1, 0.15) is 50.1 Å². The standard InChI is InChI=1S/C23H33N3O2/c1-26(2)20(19-6-4-3-5-7-19)14-24-21(27)15-25-22(28)23-11-16-8-17(12-23)10-18(9-16)13-23/h3-7,16-18,20H,8-15H2,1-2H3,(H,24,27)(H,25,28)/t16?,17?,18?,20-,23?/m0/s1. The number of carbonyl (C=O) groups excluding carboxylic acids is 2. The van der Waals surface area contributed by atoms with E-state index in [1.165, 1.54) is 24.8 Å². The van der Waals surface area contributed by atoms with Crippen LogP contribution in [-0.2, 0) is 9.59 Å². The maximum atomic E-state index is 13.0. The first-order valence-electron chi connectivity index (χ1n) is 10.7. The summed E-state index contributed by atoms with van der Waals surface area (Å²) in [6, 6.07) is 10.3. The van der Waals surface area contributed by atoms with E-state index in [0.29, 0.717) is 6.54 Å². The van der Waals surface area contributed by atoms with Gasteiger partial charge in [0, 0.05) is 12.0 Å². The van der Waals surface area contributed by atoms with Gasteiger partial charge in [0.2, 0.25) is 11.8 Å². The maximum Gasteiger partial charge on any atom is 0.239 e. The molecule has 1 atom stereocenters. The molecule has 0 saturated heterocycles. The number of rotatable bonds is 7. The monoisotopic (exact) mass is 383 g/mol. The molecule has 0 radical (unpaired) electrons. The zero-order valence-corrected chi connectivity index (χ0v) is 17.1. The predicted molar refractivity (Wildman–Crippen MR) is 109 cm³/mol. The molecule has 5 rings (SSSR count). The molecule has 2 N–H and O–H groups in total. The van der Waals surface area contributed by atoms with Crippen molar-refractivity contribution in [3.8, 4) is 0 Å². The molecule has 5 nitrogen and oxygen atoms in total. The zero-order chi connectivity index (χ0) is 19.7. The Morgan fingerprint density at radius 3 is 2.11 bits per heavy atom. The minimum atomic E-state index is -0.189. The summed E-state index contributed by atoms with van der Waals surface area (Å²) in [4.78, 5) is 27.5. The molecular weight excluding hydrogens is 350 g/mol. The average molecular weight is 384 g/mol. The molecule has 4 bridgehead atoms. The van der Waals surface area contributed by atoms with Gasteiger partial charge in [-0.15, -0.1) is 0 Å². The van der Waals surface area contributed by atoms with Crippen LogP contribution in [0.2, 0.25) is 0 Å². The van der Waals surface area contributed by atoms with Crippen LogP contribution in [0.25, 0.3) is 0 Å². The molecule has 4 aliphatic rings. The normalized spacial score (nSPS) is 31.6. The number of likely N-dealkylation sites (N-methyl/N-ethyl adjacent to an activating group) is 1. The first kappa shape index (κ1) is 19.4. The number of hydrogen-bond donors (Lipinski definition) is 2. The van der Waals surface area contributed by atoms with Gasteiger partial charge in [-0.1, -0.05) is 30.3 Å². The second-order valence-corrected chi connectivity index (χ2v) is 9.57. The molecule has 4 aliphatic carbocycles. The van der Waals surface area contributed by atoms with E-state index in [1.54, 1.807) is 0 Å². The Kier molecular flexibility index (Phi) is 5.46. The van der Waals surface area contributed by atoms with Gasteiger partial charge in [-0.3, -0.25) is 9.59 Å². The summed E-state index contributed by atoms with van der Waals surface area (Å²) in [5.41, 5.74) is 0.982. The van der Waals surface area contributed by atoms with Crippen LogP contribution in [0.15, 0.2) is 30.3 Å². The number of benzene rings is 1. The van der Waals surface area contributed by atoms with Crippen LogP contribution in [-0.4, -0.2) is 43.9 Å². The van der Waals surface area contributed by atoms with Crippen LogP contribution < -0.4 is 10.6 Å². The molecule has 152 valence electrons. The summed E-state index contributed by atoms with van der Waals surface area (Å²) < 4.78 is 0. The third-order valence-electron chi connectivity index (χ3n) is 7.23. The second kappa shape index (κ2) is 7.86. The van der Waals surface area contributed by atoms with E-state index in [9.17, 15) is 9.59 Å². The predicted octanol–water partition coefficient (Wildman–Crippen LogP) is 2.74. The lowest BCUT2D eigenvalue weighted by Gasteiger charge is -2.55. The molecule has 0 heterocycles. The van der Waals surface area contributed by atoms with Crippen LogP contribution in [0.3, 0.4) is 0 Å². The van der Waals surface area contributed by atoms with E-state index in [4.69, 9.17) is 0 Å². The van der Waals surface area contributed by atoms with E-state index in [2.05, 4.69) is 27.7 Å². The first-order chi connectivity index (χ1) is 13.4. The highest BCUT2D eigenvalue weighted by molar-refractivity contribution is 5.88. The summed E-state index contributed by atoms with van der Waals surface area (Å²) in [6.45, 7) is 0.610. The van der Waals surface area contributed by atoms with Gasteiger partial charge in [0.15, 0.2) is 0 Å². The summed E-state index contributed by atoms with van der Waals surface area (Å²) >= 11 is 0. The molecule has 4 fully saturated rings. The van der Waals surface area contributed by atoms with Crippen molar-refractivity contribution in [2.24, 2.45) is 23.2 Å². The summed E-state index contributed by atoms with van der Waals surface area (Å²) in [7, 11) is 4.03. The molecule has 0 spiro atoms. The van der Waals surface area contributed by atoms with Gasteiger partial charge in [-0.05, 0) is 75.9 Å². The van der Waals surface area contributed by atoms with Crippen LogP contribution >= 0.6 is 0 Å². The van der Waals surface area contributed by atoms with E-state index >= 15 is 0 Å². The topological polar surface area (TPSA) is 61.4 Å². The fourth-order valence-electron chi connectivity index (χ4n) is 6.28. The van der Waals surface area contributed by atoms with Crippen molar-refractivity contribution in [3.05, 3.63) is 35.9 Å². The van der Waals surface area contributed by atoms with Gasteiger partial charge in [0.1, 0.15) is 0 Å². The maximum absolute atomic E-state index is 13.0. The SMILES string of the molecule is CN(C)[C@@H](CNC(=O)CNC(=O)C12CC3CC(CC(C3)C1)C2)c1ccccc1. The summed E-state index contributed by atoms with van der Waals surface area (Å²) in [5.74, 6) is 2.21. The van der Waals surface area contributed by atoms with Crippen molar-refractivity contribution in [3.63, 3.8) is 0 Å². The quantitative estimate of drug-likeness (QED) is 0.761. The largest absolute Gasteiger partial charge is 0.353 e. The molecular formula is C23H33N3O2. The number of amides is 2. The highest BCUT2D eigenvalue weighted by atomic mass is 16.2. The van der Waals surface area contributed by atoms with Crippen molar-refractivity contribution in [1.29, 1.82) is 0 Å². The van der Waals surface area contributed by atoms with Crippen LogP contribution in [0.5, 0.6) is 0 Å². The number of carbonyl (C=O) groups is 2. The molecule has 0 aromatic heterocycles. The Balaban J connectivity index is 1.28. The lowest BCUT2D eigenvalue weighted by atomic mass is 9.49. The van der Waals surface area contributed by atoms with Gasteiger partial charge in [-0.25, -0.2) is 0 Å². The van der Waals surface area contributed by atoms with Gasteiger partial charge in [0.25, 0.3) is 0 Å². The van der Waals surface area contributed by atoms with E-state index in [0.717, 1.165) is 37.0 Å². The second-order valence-electron chi connectivity index (χ2n) is 9.57. The van der Waals surface area contributed by atoms with Crippen LogP contribution in [0, 0.1) is 23.2 Å². The molecule has 5 heteroatoms. The Hall–Kier alpha value is -1.88. The number of nitrogens with one attached hydrogen (secondary N) is 2. The fraction of sp³-hybridized carbons (Fsp3) is 0.652. The number of nitrogens with zero attached hydrogens (tertiary/aromatic N) is 1. The molecule has 0 aliphatic heterocycles. The van der Waals surface area contributed by atoms with Crippen LogP contribution in [0.4, 0.5) is 0 Å². The summed E-state index contributed by atoms with van der Waals surface area (Å²) in [5, 5.41) is 5.96. The molecule has 4 saturated carbocycles. The van der Waals surface area contributed by atoms with Gasteiger partial charge in [-0.2, -0.15) is 0 Å². The lowest BCUT2D eigenvalue weighted by Crippen LogP contribution is -2.54. The van der Waals surface area contributed by atoms with E-state index < -0.39 is 0 Å². The molecule has 1 aromatic carbocycles. The Labute approximate surface area is 168 Å². The van der Waals surface area contributed by atoms with Gasteiger partial charge < -0.3 is 15.5 Å². The molecule has 0 unspecified atom stereocenters. The molecule has 2 amide bonds. The third-order valence-corrected chi connectivity index (χ3v) is 7.23. The van der Waals surface area contributed by atoms with Gasteiger partial charge in [0.05, 0.1) is 12.6 Å². The van der Waals surface area contributed by atoms with Crippen molar-refractivity contribution >= 4 is 11.8 Å². The molecule has 28 heavy (non-hydrogen) atoms. The fourth-order valence-corrected chi connectivity index (χ4v) is 6.28. The smallest absolute Gasteiger partial charge is 0.239 e. The summed E-state index contributed by atoms with van der Waals surface area (Å²) in [6.07, 6.45) is 7.05. The lowest BCUT2D eigenvalue weighted by molar-refractivity contribution is -0.147. The van der Waals surface area contributed by atoms with E-state index in [1.807, 2.05) is 32.3 Å². The van der Waals surface area contributed by atoms with Gasteiger partial charge >= 0.3 is 0 Å². The Morgan fingerprint density at radius 1 is 1.00 bits per heavy atom. The molecule has 1 aromatic rings. The minimum absolute atomic E-state index is 0.0789. The van der Waals surface area contributed by atoms with E-state index in [-0.39, 0.29) is 29.8 Å².